The summed E-state index contributed by atoms with van der Waals surface area (Å²) in [7, 11) is -1.38. The van der Waals surface area contributed by atoms with Crippen molar-refractivity contribution in [2.24, 2.45) is 0 Å². The first kappa shape index (κ1) is 17.3. The van der Waals surface area contributed by atoms with Crippen LogP contribution in [0.15, 0.2) is 84.0 Å². The molecule has 0 amide bonds. The molecule has 26 heavy (non-hydrogen) atoms. The maximum Gasteiger partial charge on any atom is 0.188 e. The van der Waals surface area contributed by atoms with Crippen molar-refractivity contribution in [1.29, 1.82) is 0 Å². The summed E-state index contributed by atoms with van der Waals surface area (Å²) in [4.78, 5) is 0.423. The van der Waals surface area contributed by atoms with Crippen LogP contribution < -0.4 is 0 Å². The number of rotatable bonds is 5. The van der Waals surface area contributed by atoms with Gasteiger partial charge in [0, 0.05) is 6.42 Å². The third kappa shape index (κ3) is 2.65. The largest absolute Gasteiger partial charge is 0.273 e. The Balaban J connectivity index is 1.81. The molecule has 2 aliphatic rings. The van der Waals surface area contributed by atoms with Gasteiger partial charge in [-0.2, -0.15) is 0 Å². The molecule has 2 aromatic carbocycles. The molecule has 2 aromatic rings. The summed E-state index contributed by atoms with van der Waals surface area (Å²) in [6.45, 7) is 0.757. The van der Waals surface area contributed by atoms with Gasteiger partial charge in [0.05, 0.1) is 18.5 Å². The molecule has 3 nitrogen and oxygen atoms in total. The monoisotopic (exact) mass is 366 g/mol. The van der Waals surface area contributed by atoms with Gasteiger partial charge in [0.15, 0.2) is 9.84 Å². The molecule has 0 bridgehead atoms. The summed E-state index contributed by atoms with van der Waals surface area (Å²) >= 11 is 0. The van der Waals surface area contributed by atoms with Crippen molar-refractivity contribution in [3.63, 3.8) is 0 Å². The van der Waals surface area contributed by atoms with E-state index >= 15 is 0 Å². The average Bonchev–Trinajstić information content (AvgIpc) is 3.26. The van der Waals surface area contributed by atoms with E-state index in [-0.39, 0.29) is 0 Å². The second-order valence-electron chi connectivity index (χ2n) is 7.47. The van der Waals surface area contributed by atoms with Crippen molar-refractivity contribution >= 4 is 9.84 Å². The minimum Gasteiger partial charge on any atom is -0.273 e. The maximum absolute atomic E-state index is 13.8. The zero-order valence-electron chi connectivity index (χ0n) is 15.0. The van der Waals surface area contributed by atoms with Crippen LogP contribution in [-0.4, -0.2) is 26.5 Å². The van der Waals surface area contributed by atoms with Crippen molar-refractivity contribution < 1.29 is 12.9 Å². The number of fused-ring (bicyclic) bond motifs is 1. The predicted molar refractivity (Wildman–Crippen MR) is 104 cm³/mol. The molecule has 1 aliphatic heterocycles. The first-order chi connectivity index (χ1) is 12.5. The predicted octanol–water partition coefficient (Wildman–Crippen LogP) is 4.18. The smallest absolute Gasteiger partial charge is 0.188 e. The number of nitrogens with zero attached hydrogens (tertiary/aromatic N) is 1. The first-order valence-corrected chi connectivity index (χ1v) is 10.6. The van der Waals surface area contributed by atoms with Gasteiger partial charge in [0.1, 0.15) is 17.1 Å². The van der Waals surface area contributed by atoms with Crippen LogP contribution >= 0.6 is 0 Å². The summed E-state index contributed by atoms with van der Waals surface area (Å²) in [6.07, 6.45) is 10.4. The van der Waals surface area contributed by atoms with E-state index in [1.54, 1.807) is 24.3 Å². The van der Waals surface area contributed by atoms with E-state index in [0.29, 0.717) is 22.2 Å². The number of benzene rings is 2. The third-order valence-electron chi connectivity index (χ3n) is 5.84. The number of quaternary nitrogens is 1. The molecule has 0 saturated heterocycles. The molecule has 0 spiro atoms. The summed E-state index contributed by atoms with van der Waals surface area (Å²) in [5.74, 6) is 0. The average molecular weight is 367 g/mol. The molecule has 4 rings (SSSR count). The molecular formula is C22H24NO2S+. The minimum absolute atomic E-state index is 0.423. The summed E-state index contributed by atoms with van der Waals surface area (Å²) < 4.78 is 27.4. The Morgan fingerprint density at radius 3 is 2.35 bits per heavy atom. The van der Waals surface area contributed by atoms with E-state index < -0.39 is 14.6 Å². The Morgan fingerprint density at radius 2 is 1.62 bits per heavy atom. The highest BCUT2D eigenvalue weighted by atomic mass is 32.2. The van der Waals surface area contributed by atoms with Crippen LogP contribution in [0.3, 0.4) is 0 Å². The lowest BCUT2D eigenvalue weighted by Gasteiger charge is -2.33. The van der Waals surface area contributed by atoms with Gasteiger partial charge in [-0.1, -0.05) is 42.5 Å². The van der Waals surface area contributed by atoms with Crippen molar-refractivity contribution in [1.82, 2.24) is 0 Å². The molecule has 1 unspecified atom stereocenters. The van der Waals surface area contributed by atoms with Crippen LogP contribution in [-0.2, 0) is 21.0 Å². The van der Waals surface area contributed by atoms with E-state index in [1.807, 2.05) is 36.4 Å². The van der Waals surface area contributed by atoms with Crippen molar-refractivity contribution in [2.75, 3.05) is 13.6 Å². The lowest BCUT2D eigenvalue weighted by atomic mass is 9.96. The van der Waals surface area contributed by atoms with Crippen LogP contribution in [0.4, 0.5) is 0 Å². The molecule has 1 heterocycles. The van der Waals surface area contributed by atoms with E-state index in [0.717, 1.165) is 18.5 Å². The minimum atomic E-state index is -3.49. The number of hydrogen-bond donors (Lipinski definition) is 0. The maximum atomic E-state index is 13.8. The fourth-order valence-electron chi connectivity index (χ4n) is 4.27. The van der Waals surface area contributed by atoms with Crippen LogP contribution in [0.2, 0.25) is 0 Å². The molecule has 4 heteroatoms. The second-order valence-corrected chi connectivity index (χ2v) is 9.73. The van der Waals surface area contributed by atoms with Gasteiger partial charge in [0.2, 0.25) is 0 Å². The van der Waals surface area contributed by atoms with E-state index in [4.69, 9.17) is 0 Å². The van der Waals surface area contributed by atoms with Gasteiger partial charge in [-0.15, -0.1) is 0 Å². The first-order valence-electron chi connectivity index (χ1n) is 9.07. The van der Waals surface area contributed by atoms with Crippen molar-refractivity contribution in [3.8, 4) is 0 Å². The SMILES string of the molecule is C[N+]1(CCC2(S(=O)(=O)c3ccccc3)CCc3ccccc32)C=CC=C1. The molecule has 0 N–H and O–H groups in total. The Kier molecular flexibility index (Phi) is 4.13. The van der Waals surface area contributed by atoms with Crippen LogP contribution in [0.25, 0.3) is 0 Å². The molecule has 0 fully saturated rings. The second kappa shape index (κ2) is 6.22. The zero-order valence-corrected chi connectivity index (χ0v) is 15.8. The highest BCUT2D eigenvalue weighted by molar-refractivity contribution is 7.92. The Hall–Kier alpha value is -2.17. The van der Waals surface area contributed by atoms with Gasteiger partial charge >= 0.3 is 0 Å². The van der Waals surface area contributed by atoms with Crippen molar-refractivity contribution in [3.05, 3.63) is 90.3 Å². The summed E-state index contributed by atoms with van der Waals surface area (Å²) in [5, 5.41) is 0. The molecule has 1 aliphatic carbocycles. The standard InChI is InChI=1S/C22H24NO2S/c1-23(16-7-8-17-23)18-15-22(14-13-19-9-5-6-12-21(19)22)26(24,25)20-10-3-2-4-11-20/h2-12,16-17H,13-15,18H2,1H3/q+1. The van der Waals surface area contributed by atoms with Crippen molar-refractivity contribution in [2.45, 2.75) is 28.9 Å². The molecule has 0 aromatic heterocycles. The van der Waals surface area contributed by atoms with Gasteiger partial charge in [-0.25, -0.2) is 8.42 Å². The quantitative estimate of drug-likeness (QED) is 0.744. The number of allylic oxidation sites excluding steroid dienone is 2. The van der Waals surface area contributed by atoms with Crippen LogP contribution in [0.1, 0.15) is 24.0 Å². The normalized spacial score (nSPS) is 23.3. The highest BCUT2D eigenvalue weighted by Crippen LogP contribution is 2.48. The zero-order chi connectivity index (χ0) is 18.3. The lowest BCUT2D eigenvalue weighted by molar-refractivity contribution is -0.804. The molecule has 134 valence electrons. The highest BCUT2D eigenvalue weighted by Gasteiger charge is 2.51. The van der Waals surface area contributed by atoms with E-state index in [9.17, 15) is 8.42 Å². The molecule has 0 saturated carbocycles. The van der Waals surface area contributed by atoms with E-state index in [1.165, 1.54) is 5.56 Å². The van der Waals surface area contributed by atoms with Gasteiger partial charge in [-0.05, 0) is 48.3 Å². The number of hydrogen-bond acceptors (Lipinski definition) is 2. The Labute approximate surface area is 155 Å². The fourth-order valence-corrected chi connectivity index (χ4v) is 6.45. The number of aryl methyl sites for hydroxylation is 1. The third-order valence-corrected chi connectivity index (χ3v) is 8.39. The summed E-state index contributed by atoms with van der Waals surface area (Å²) in [6, 6.07) is 17.0. The molecule has 1 atom stereocenters. The Morgan fingerprint density at radius 1 is 0.962 bits per heavy atom. The molecule has 0 radical (unpaired) electrons. The van der Waals surface area contributed by atoms with Gasteiger partial charge < -0.3 is 0 Å². The van der Waals surface area contributed by atoms with E-state index in [2.05, 4.69) is 25.5 Å². The fraction of sp³-hybridized carbons (Fsp3) is 0.273. The van der Waals surface area contributed by atoms with Crippen LogP contribution in [0.5, 0.6) is 0 Å². The molecular weight excluding hydrogens is 342 g/mol. The summed E-state index contributed by atoms with van der Waals surface area (Å²) in [5.41, 5.74) is 2.16. The number of sulfone groups is 1. The van der Waals surface area contributed by atoms with Gasteiger partial charge in [-0.3, -0.25) is 4.48 Å². The van der Waals surface area contributed by atoms with Gasteiger partial charge in [0.25, 0.3) is 0 Å². The topological polar surface area (TPSA) is 34.1 Å². The van der Waals surface area contributed by atoms with Crippen LogP contribution in [0, 0.1) is 0 Å². The lowest BCUT2D eigenvalue weighted by Crippen LogP contribution is -2.41. The Bertz CT molecular complexity index is 964.